The number of carbonyl (C=O) groups is 2. The van der Waals surface area contributed by atoms with Crippen molar-refractivity contribution in [3.63, 3.8) is 0 Å². The Kier molecular flexibility index (Phi) is 2.69. The van der Waals surface area contributed by atoms with E-state index in [0.29, 0.717) is 6.42 Å². The minimum absolute atomic E-state index is 0.0546. The van der Waals surface area contributed by atoms with Crippen LogP contribution < -0.4 is 5.32 Å². The molecule has 1 heterocycles. The number of carbonyl (C=O) groups excluding carboxylic acids is 2. The first-order chi connectivity index (χ1) is 8.72. The lowest BCUT2D eigenvalue weighted by Gasteiger charge is -2.38. The monoisotopic (exact) mass is 243 g/mol. The molecule has 0 radical (unpaired) electrons. The summed E-state index contributed by atoms with van der Waals surface area (Å²) in [5.74, 6) is 0.0304. The van der Waals surface area contributed by atoms with Crippen molar-refractivity contribution in [1.29, 1.82) is 0 Å². The first-order valence-corrected chi connectivity index (χ1v) is 6.62. The van der Waals surface area contributed by atoms with Crippen LogP contribution in [-0.2, 0) is 9.59 Å². The molecule has 1 aromatic carbocycles. The molecule has 0 aromatic heterocycles. The fourth-order valence-corrected chi connectivity index (χ4v) is 3.56. The average Bonchev–Trinajstić information content (AvgIpc) is 2.66. The highest BCUT2D eigenvalue weighted by molar-refractivity contribution is 6.06. The third kappa shape index (κ3) is 1.65. The lowest BCUT2D eigenvalue weighted by molar-refractivity contribution is -0.130. The number of nitrogens with one attached hydrogen (secondary N) is 1. The molecular formula is C15H17NO2. The Morgan fingerprint density at radius 3 is 2.56 bits per heavy atom. The third-order valence-electron chi connectivity index (χ3n) is 4.42. The topological polar surface area (TPSA) is 46.2 Å². The van der Waals surface area contributed by atoms with E-state index < -0.39 is 5.41 Å². The summed E-state index contributed by atoms with van der Waals surface area (Å²) in [6.45, 7) is 0. The molecule has 2 fully saturated rings. The first kappa shape index (κ1) is 11.5. The lowest BCUT2D eigenvalue weighted by Crippen LogP contribution is -2.39. The van der Waals surface area contributed by atoms with Crippen LogP contribution in [0.2, 0.25) is 0 Å². The quantitative estimate of drug-likeness (QED) is 0.770. The van der Waals surface area contributed by atoms with Gasteiger partial charge in [-0.25, -0.2) is 0 Å². The molecule has 3 rings (SSSR count). The second kappa shape index (κ2) is 4.23. The molecule has 2 aliphatic rings. The molecule has 1 aliphatic carbocycles. The van der Waals surface area contributed by atoms with E-state index in [9.17, 15) is 9.59 Å². The van der Waals surface area contributed by atoms with Crippen LogP contribution >= 0.6 is 0 Å². The molecule has 1 saturated heterocycles. The summed E-state index contributed by atoms with van der Waals surface area (Å²) >= 11 is 0. The molecule has 1 spiro atoms. The molecule has 1 aliphatic heterocycles. The van der Waals surface area contributed by atoms with Crippen LogP contribution in [0.1, 0.15) is 43.6 Å². The van der Waals surface area contributed by atoms with Gasteiger partial charge in [-0.1, -0.05) is 43.2 Å². The Morgan fingerprint density at radius 2 is 1.89 bits per heavy atom. The number of imide groups is 1. The second-order valence-electron chi connectivity index (χ2n) is 5.42. The predicted molar refractivity (Wildman–Crippen MR) is 67.9 cm³/mol. The Morgan fingerprint density at radius 1 is 1.11 bits per heavy atom. The summed E-state index contributed by atoms with van der Waals surface area (Å²) in [6.07, 6.45) is 4.40. The van der Waals surface area contributed by atoms with Crippen LogP contribution in [0.5, 0.6) is 0 Å². The zero-order chi connectivity index (χ0) is 12.6. The Hall–Kier alpha value is -1.64. The average molecular weight is 243 g/mol. The van der Waals surface area contributed by atoms with E-state index in [1.165, 1.54) is 5.56 Å². The fourth-order valence-electron chi connectivity index (χ4n) is 3.56. The van der Waals surface area contributed by atoms with Crippen LogP contribution in [0.4, 0.5) is 0 Å². The van der Waals surface area contributed by atoms with Crippen molar-refractivity contribution in [1.82, 2.24) is 5.32 Å². The number of hydrogen-bond donors (Lipinski definition) is 1. The molecule has 1 aromatic rings. The van der Waals surface area contributed by atoms with E-state index in [-0.39, 0.29) is 17.7 Å². The van der Waals surface area contributed by atoms with Crippen LogP contribution in [-0.4, -0.2) is 11.8 Å². The molecule has 2 atom stereocenters. The Bertz CT molecular complexity index is 483. The summed E-state index contributed by atoms with van der Waals surface area (Å²) in [4.78, 5) is 23.8. The summed E-state index contributed by atoms with van der Waals surface area (Å²) in [6, 6.07) is 10.2. The zero-order valence-corrected chi connectivity index (χ0v) is 10.3. The van der Waals surface area contributed by atoms with Gasteiger partial charge in [0.05, 0.1) is 5.41 Å². The highest BCUT2D eigenvalue weighted by Gasteiger charge is 2.53. The van der Waals surface area contributed by atoms with Gasteiger partial charge in [-0.3, -0.25) is 14.9 Å². The molecule has 2 unspecified atom stereocenters. The van der Waals surface area contributed by atoms with Gasteiger partial charge in [-0.2, -0.15) is 0 Å². The van der Waals surface area contributed by atoms with Gasteiger partial charge in [-0.15, -0.1) is 0 Å². The van der Waals surface area contributed by atoms with Gasteiger partial charge in [0, 0.05) is 6.42 Å². The highest BCUT2D eigenvalue weighted by atomic mass is 16.2. The number of hydrogen-bond acceptors (Lipinski definition) is 2. The van der Waals surface area contributed by atoms with Gasteiger partial charge in [-0.05, 0) is 24.3 Å². The van der Waals surface area contributed by atoms with Gasteiger partial charge in [0.25, 0.3) is 0 Å². The zero-order valence-electron chi connectivity index (χ0n) is 10.3. The van der Waals surface area contributed by atoms with Crippen molar-refractivity contribution in [2.45, 2.75) is 38.0 Å². The van der Waals surface area contributed by atoms with Crippen molar-refractivity contribution in [3.8, 4) is 0 Å². The minimum atomic E-state index is -0.476. The molecular weight excluding hydrogens is 226 g/mol. The predicted octanol–water partition coefficient (Wildman–Crippen LogP) is 2.38. The molecule has 94 valence electrons. The maximum absolute atomic E-state index is 12.2. The summed E-state index contributed by atoms with van der Waals surface area (Å²) in [5, 5.41) is 2.50. The molecule has 3 heteroatoms. The van der Waals surface area contributed by atoms with Crippen LogP contribution in [0, 0.1) is 5.41 Å². The maximum Gasteiger partial charge on any atom is 0.233 e. The summed E-state index contributed by atoms with van der Waals surface area (Å²) < 4.78 is 0. The molecule has 2 amide bonds. The fraction of sp³-hybridized carbons (Fsp3) is 0.467. The van der Waals surface area contributed by atoms with Crippen LogP contribution in [0.3, 0.4) is 0 Å². The van der Waals surface area contributed by atoms with Gasteiger partial charge in [0.2, 0.25) is 11.8 Å². The van der Waals surface area contributed by atoms with E-state index in [4.69, 9.17) is 0 Å². The number of benzene rings is 1. The van der Waals surface area contributed by atoms with Gasteiger partial charge in [0.1, 0.15) is 0 Å². The van der Waals surface area contributed by atoms with E-state index >= 15 is 0 Å². The second-order valence-corrected chi connectivity index (χ2v) is 5.42. The van der Waals surface area contributed by atoms with Crippen molar-refractivity contribution in [2.75, 3.05) is 0 Å². The van der Waals surface area contributed by atoms with E-state index in [0.717, 1.165) is 25.7 Å². The molecule has 3 nitrogen and oxygen atoms in total. The largest absolute Gasteiger partial charge is 0.296 e. The van der Waals surface area contributed by atoms with E-state index in [1.54, 1.807) is 0 Å². The van der Waals surface area contributed by atoms with Crippen molar-refractivity contribution in [3.05, 3.63) is 35.9 Å². The van der Waals surface area contributed by atoms with Crippen molar-refractivity contribution < 1.29 is 9.59 Å². The standard InChI is InChI=1S/C15H17NO2/c17-13-10-15(14(18)16-13)9-5-4-8-12(15)11-6-2-1-3-7-11/h1-3,6-7,12H,4-5,8-10H2,(H,16,17,18). The third-order valence-corrected chi connectivity index (χ3v) is 4.42. The first-order valence-electron chi connectivity index (χ1n) is 6.62. The molecule has 0 bridgehead atoms. The summed E-state index contributed by atoms with van der Waals surface area (Å²) in [5.41, 5.74) is 0.721. The molecule has 1 saturated carbocycles. The van der Waals surface area contributed by atoms with Crippen LogP contribution in [0.25, 0.3) is 0 Å². The normalized spacial score (nSPS) is 31.7. The molecule has 1 N–H and O–H groups in total. The van der Waals surface area contributed by atoms with Crippen LogP contribution in [0.15, 0.2) is 30.3 Å². The number of rotatable bonds is 1. The Balaban J connectivity index is 2.01. The Labute approximate surface area is 107 Å². The van der Waals surface area contributed by atoms with E-state index in [1.807, 2.05) is 18.2 Å². The molecule has 18 heavy (non-hydrogen) atoms. The van der Waals surface area contributed by atoms with Gasteiger partial charge < -0.3 is 0 Å². The van der Waals surface area contributed by atoms with Gasteiger partial charge in [0.15, 0.2) is 0 Å². The van der Waals surface area contributed by atoms with E-state index in [2.05, 4.69) is 17.4 Å². The summed E-state index contributed by atoms with van der Waals surface area (Å²) in [7, 11) is 0. The lowest BCUT2D eigenvalue weighted by atomic mass is 9.63. The van der Waals surface area contributed by atoms with Crippen molar-refractivity contribution in [2.24, 2.45) is 5.41 Å². The minimum Gasteiger partial charge on any atom is -0.296 e. The maximum atomic E-state index is 12.2. The van der Waals surface area contributed by atoms with Crippen molar-refractivity contribution >= 4 is 11.8 Å². The SMILES string of the molecule is O=C1CC2(CCCCC2c2ccccc2)C(=O)N1. The number of amides is 2. The van der Waals surface area contributed by atoms with Gasteiger partial charge >= 0.3 is 0 Å². The highest BCUT2D eigenvalue weighted by Crippen LogP contribution is 2.51. The smallest absolute Gasteiger partial charge is 0.233 e.